The van der Waals surface area contributed by atoms with E-state index in [4.69, 9.17) is 35.3 Å². The molecule has 4 aliphatic heterocycles. The molecule has 17 nitrogen and oxygen atoms in total. The third-order valence-corrected chi connectivity index (χ3v) is 15.8. The minimum atomic E-state index is -1.87. The number of thioether (sulfide) groups is 1. The monoisotopic (exact) mass is 972 g/mol. The molecule has 1 saturated carbocycles. The molecule has 1 aromatic rings. The molecular weight excluding hydrogens is 908 g/mol. The van der Waals surface area contributed by atoms with Crippen molar-refractivity contribution in [2.45, 2.75) is 139 Å². The predicted octanol–water partition coefficient (Wildman–Crippen LogP) is 5.16. The summed E-state index contributed by atoms with van der Waals surface area (Å²) in [6.45, 7) is 8.82. The Morgan fingerprint density at radius 1 is 1.09 bits per heavy atom. The third-order valence-electron chi connectivity index (χ3n) is 14.2. The van der Waals surface area contributed by atoms with Crippen molar-refractivity contribution < 1.29 is 62.4 Å². The number of anilines is 1. The van der Waals surface area contributed by atoms with Gasteiger partial charge in [-0.2, -0.15) is 0 Å². The summed E-state index contributed by atoms with van der Waals surface area (Å²) in [5.41, 5.74) is -1.13. The molecule has 1 aromatic carbocycles. The number of likely N-dealkylation sites (N-methyl/N-ethyl adjacent to an activating group) is 1. The van der Waals surface area contributed by atoms with Gasteiger partial charge in [0.15, 0.2) is 5.72 Å². The van der Waals surface area contributed by atoms with E-state index < -0.39 is 76.8 Å². The van der Waals surface area contributed by atoms with Crippen molar-refractivity contribution in [1.29, 1.82) is 0 Å². The molecule has 4 bridgehead atoms. The number of alkyl carbamates (subject to hydrolysis) is 1. The molecule has 0 aromatic heterocycles. The Kier molecular flexibility index (Phi) is 16.6. The summed E-state index contributed by atoms with van der Waals surface area (Å²) < 4.78 is 29.4. The van der Waals surface area contributed by atoms with Crippen molar-refractivity contribution in [1.82, 2.24) is 15.1 Å². The van der Waals surface area contributed by atoms with Crippen LogP contribution >= 0.6 is 23.4 Å². The molecule has 3 unspecified atom stereocenters. The van der Waals surface area contributed by atoms with Crippen LogP contribution in [0.1, 0.15) is 91.5 Å². The second kappa shape index (κ2) is 21.4. The van der Waals surface area contributed by atoms with Gasteiger partial charge in [-0.15, -0.1) is 11.8 Å². The van der Waals surface area contributed by atoms with E-state index in [2.05, 4.69) is 5.32 Å². The Morgan fingerprint density at radius 2 is 1.79 bits per heavy atom. The number of carbonyl (C=O) groups excluding carboxylic acids is 7. The van der Waals surface area contributed by atoms with Gasteiger partial charge in [0.2, 0.25) is 23.6 Å². The number of allylic oxidation sites excluding steroid dienone is 3. The first-order chi connectivity index (χ1) is 31.6. The maximum Gasteiger partial charge on any atom is 0.409 e. The molecule has 2 N–H and O–H groups in total. The van der Waals surface area contributed by atoms with Gasteiger partial charge in [-0.1, -0.05) is 42.3 Å². The zero-order valence-electron chi connectivity index (χ0n) is 39.8. The fourth-order valence-corrected chi connectivity index (χ4v) is 11.1. The predicted molar refractivity (Wildman–Crippen MR) is 249 cm³/mol. The van der Waals surface area contributed by atoms with Crippen LogP contribution in [0.25, 0.3) is 0 Å². The number of ketones is 1. The van der Waals surface area contributed by atoms with Gasteiger partial charge in [0.1, 0.15) is 46.5 Å². The van der Waals surface area contributed by atoms with Gasteiger partial charge in [-0.05, 0) is 83.4 Å². The first kappa shape index (κ1) is 51.9. The van der Waals surface area contributed by atoms with Crippen LogP contribution in [0.5, 0.6) is 5.75 Å². The number of nitrogens with one attached hydrogen (secondary N) is 1. The number of carbonyl (C=O) groups is 7. The van der Waals surface area contributed by atoms with Gasteiger partial charge in [0, 0.05) is 64.6 Å². The fourth-order valence-electron chi connectivity index (χ4n) is 9.67. The summed E-state index contributed by atoms with van der Waals surface area (Å²) >= 11 is 8.04. The second-order valence-corrected chi connectivity index (χ2v) is 20.6. The van der Waals surface area contributed by atoms with E-state index in [1.165, 1.54) is 54.7 Å². The summed E-state index contributed by atoms with van der Waals surface area (Å²) in [5.74, 6) is -1.84. The summed E-state index contributed by atoms with van der Waals surface area (Å²) in [6, 6.07) is 2.43. The topological polar surface area (TPSA) is 211 Å². The Morgan fingerprint density at radius 3 is 2.45 bits per heavy atom. The molecule has 368 valence electrons. The number of imide groups is 1. The molecule has 1 aliphatic carbocycles. The quantitative estimate of drug-likeness (QED) is 0.158. The molecule has 4 heterocycles. The highest BCUT2D eigenvalue weighted by Gasteiger charge is 2.64. The maximum absolute atomic E-state index is 14.3. The molecule has 5 aliphatic rings. The Labute approximate surface area is 401 Å². The van der Waals surface area contributed by atoms with Crippen molar-refractivity contribution >= 4 is 70.5 Å². The molecule has 0 spiro atoms. The SMILES string of the molecule is COc1cc2cc(c1Cl)N(C)C(=O)C[C@H](OC(=O)[C@H](C)N(C)C(=O)CCSC1CC(=O)N(C[C@H]3CC[C@H](C(C)=O)CC3)C1=O)[C@]1(C)OC1[C@H](C)C1C[C@@](O)(NC(=O)O1)[C@H](OC)/C=C/C=C(\C)C2. The lowest BCUT2D eigenvalue weighted by Gasteiger charge is -2.42. The van der Waals surface area contributed by atoms with Crippen LogP contribution in [0.3, 0.4) is 0 Å². The molecule has 6 rings (SSSR count). The number of nitrogens with zero attached hydrogens (tertiary/aromatic N) is 3. The lowest BCUT2D eigenvalue weighted by atomic mass is 9.80. The number of hydrogen-bond acceptors (Lipinski definition) is 14. The van der Waals surface area contributed by atoms with Crippen molar-refractivity contribution in [3.8, 4) is 5.75 Å². The zero-order valence-corrected chi connectivity index (χ0v) is 41.4. The molecule has 0 radical (unpaired) electrons. The minimum absolute atomic E-state index is 0.0292. The van der Waals surface area contributed by atoms with E-state index in [0.717, 1.165) is 36.8 Å². The van der Waals surface area contributed by atoms with Crippen LogP contribution in [-0.4, -0.2) is 144 Å². The number of amides is 5. The van der Waals surface area contributed by atoms with Crippen LogP contribution in [0.4, 0.5) is 10.5 Å². The van der Waals surface area contributed by atoms with E-state index in [1.54, 1.807) is 52.1 Å². The van der Waals surface area contributed by atoms with Gasteiger partial charge in [-0.25, -0.2) is 9.59 Å². The number of epoxide rings is 1. The number of esters is 1. The Bertz CT molecular complexity index is 2160. The van der Waals surface area contributed by atoms with Crippen molar-refractivity contribution in [3.63, 3.8) is 0 Å². The first-order valence-electron chi connectivity index (χ1n) is 22.9. The first-order valence-corrected chi connectivity index (χ1v) is 24.3. The minimum Gasteiger partial charge on any atom is -0.495 e. The number of methoxy groups -OCH3 is 2. The van der Waals surface area contributed by atoms with E-state index in [9.17, 15) is 38.7 Å². The van der Waals surface area contributed by atoms with Crippen LogP contribution < -0.4 is 15.0 Å². The normalized spacial score (nSPS) is 33.1. The summed E-state index contributed by atoms with van der Waals surface area (Å²) in [5, 5.41) is 13.9. The van der Waals surface area contributed by atoms with Crippen LogP contribution in [0.15, 0.2) is 35.9 Å². The van der Waals surface area contributed by atoms with Crippen molar-refractivity contribution in [3.05, 3.63) is 46.5 Å². The van der Waals surface area contributed by atoms with Crippen LogP contribution in [0.2, 0.25) is 5.02 Å². The number of fused-ring (bicyclic) bond motifs is 5. The van der Waals surface area contributed by atoms with Crippen LogP contribution in [0, 0.1) is 17.8 Å². The number of benzene rings is 1. The summed E-state index contributed by atoms with van der Waals surface area (Å²) in [4.78, 5) is 96.8. The number of aliphatic hydroxyl groups is 1. The molecule has 19 heteroatoms. The van der Waals surface area contributed by atoms with Gasteiger partial charge in [0.25, 0.3) is 0 Å². The lowest BCUT2D eigenvalue weighted by Crippen LogP contribution is -2.63. The number of hydrogen-bond donors (Lipinski definition) is 2. The lowest BCUT2D eigenvalue weighted by molar-refractivity contribution is -0.162. The molecule has 9 atom stereocenters. The highest BCUT2D eigenvalue weighted by Crippen LogP contribution is 2.49. The summed E-state index contributed by atoms with van der Waals surface area (Å²) in [7, 11) is 5.91. The van der Waals surface area contributed by atoms with Gasteiger partial charge >= 0.3 is 12.1 Å². The molecular formula is C48H65ClN4O13S. The standard InChI is InChI=1S/C48H65ClN4O13S/c1-26-11-10-12-37(63-9)48(61)24-35(64-46(60)50-48)27(2)43-47(5,66-43)38(23-40(56)52(7)33-20-31(19-26)21-34(62-8)42(33)49)65-45(59)28(3)51(6)39(55)17-18-67-36-22-41(57)53(44(36)58)25-30-13-15-32(16-14-30)29(4)54/h10-12,20-21,27-28,30,32,35-38,43,61H,13-19,22-25H2,1-9H3,(H,50,60)/b12-10+,26-11+/t27-,28+,30-,32-,35?,36?,37-,38+,43?,47+,48+/m1/s1. The maximum atomic E-state index is 14.3. The van der Waals surface area contributed by atoms with E-state index in [0.29, 0.717) is 24.4 Å². The number of likely N-dealkylation sites (tertiary alicyclic amines) is 1. The fraction of sp³-hybridized carbons (Fsp3) is 0.646. The highest BCUT2D eigenvalue weighted by molar-refractivity contribution is 8.00. The van der Waals surface area contributed by atoms with E-state index in [-0.39, 0.29) is 65.9 Å². The molecule has 67 heavy (non-hydrogen) atoms. The van der Waals surface area contributed by atoms with Crippen molar-refractivity contribution in [2.75, 3.05) is 45.5 Å². The number of ether oxygens (including phenoxy) is 5. The van der Waals surface area contributed by atoms with Crippen LogP contribution in [-0.2, 0) is 54.1 Å². The molecule has 5 amide bonds. The highest BCUT2D eigenvalue weighted by atomic mass is 35.5. The number of rotatable bonds is 12. The molecule has 3 saturated heterocycles. The van der Waals surface area contributed by atoms with Crippen molar-refractivity contribution in [2.24, 2.45) is 17.8 Å². The Hall–Kier alpha value is -4.49. The zero-order chi connectivity index (χ0) is 49.1. The van der Waals surface area contributed by atoms with Gasteiger partial charge < -0.3 is 38.6 Å². The number of Topliss-reactive ketones (excluding diaryl/α,β-unsaturated/α-hetero) is 1. The average molecular weight is 974 g/mol. The molecule has 4 fully saturated rings. The Balaban J connectivity index is 1.16. The van der Waals surface area contributed by atoms with Gasteiger partial charge in [-0.3, -0.25) is 34.2 Å². The van der Waals surface area contributed by atoms with Gasteiger partial charge in [0.05, 0.1) is 30.6 Å². The third kappa shape index (κ3) is 11.7. The second-order valence-electron chi connectivity index (χ2n) is 18.9. The van der Waals surface area contributed by atoms with E-state index in [1.807, 2.05) is 13.0 Å². The van der Waals surface area contributed by atoms with E-state index >= 15 is 0 Å². The largest absolute Gasteiger partial charge is 0.495 e. The smallest absolute Gasteiger partial charge is 0.409 e. The average Bonchev–Trinajstić information content (AvgIpc) is 3.91. The number of halogens is 1. The summed E-state index contributed by atoms with van der Waals surface area (Å²) in [6.07, 6.45) is 3.60.